The van der Waals surface area contributed by atoms with E-state index in [-0.39, 0.29) is 5.91 Å². The van der Waals surface area contributed by atoms with Crippen LogP contribution >= 0.6 is 0 Å². The molecule has 20 heavy (non-hydrogen) atoms. The van der Waals surface area contributed by atoms with E-state index in [1.165, 1.54) is 12.8 Å². The van der Waals surface area contributed by atoms with E-state index in [9.17, 15) is 4.79 Å². The molecule has 1 aliphatic heterocycles. The van der Waals surface area contributed by atoms with Crippen molar-refractivity contribution in [2.24, 2.45) is 5.92 Å². The number of rotatable bonds is 6. The molecule has 0 saturated carbocycles. The van der Waals surface area contributed by atoms with Crippen LogP contribution in [0, 0.1) is 12.8 Å². The minimum Gasteiger partial charge on any atom is -0.354 e. The molecule has 1 N–H and O–H groups in total. The first-order chi connectivity index (χ1) is 9.63. The lowest BCUT2D eigenvalue weighted by atomic mass is 9.92. The maximum Gasteiger partial charge on any atom is 0.220 e. The van der Waals surface area contributed by atoms with Gasteiger partial charge in [-0.3, -0.25) is 9.48 Å². The van der Waals surface area contributed by atoms with Gasteiger partial charge in [-0.15, -0.1) is 5.10 Å². The zero-order chi connectivity index (χ0) is 14.4. The van der Waals surface area contributed by atoms with Crippen molar-refractivity contribution in [2.45, 2.75) is 39.2 Å². The first kappa shape index (κ1) is 15.0. The van der Waals surface area contributed by atoms with Crippen LogP contribution < -0.4 is 5.32 Å². The fourth-order valence-electron chi connectivity index (χ4n) is 2.59. The van der Waals surface area contributed by atoms with Crippen molar-refractivity contribution in [1.82, 2.24) is 25.2 Å². The van der Waals surface area contributed by atoms with Crippen molar-refractivity contribution in [1.29, 1.82) is 0 Å². The smallest absolute Gasteiger partial charge is 0.220 e. The second kappa shape index (κ2) is 7.38. The molecule has 1 aromatic rings. The number of hydrogen-bond acceptors (Lipinski definition) is 4. The molecule has 0 unspecified atom stereocenters. The number of likely N-dealkylation sites (tertiary alicyclic amines) is 1. The Hall–Kier alpha value is -1.43. The maximum absolute atomic E-state index is 11.8. The fraction of sp³-hybridized carbons (Fsp3) is 0.786. The highest BCUT2D eigenvalue weighted by Gasteiger charge is 2.17. The summed E-state index contributed by atoms with van der Waals surface area (Å²) in [4.78, 5) is 14.1. The number of carbonyl (C=O) groups is 1. The normalized spacial score (nSPS) is 17.3. The Labute approximate surface area is 120 Å². The first-order valence-electron chi connectivity index (χ1n) is 7.45. The van der Waals surface area contributed by atoms with Crippen LogP contribution in [0.2, 0.25) is 0 Å². The lowest BCUT2D eigenvalue weighted by Gasteiger charge is -2.28. The fourth-order valence-corrected chi connectivity index (χ4v) is 2.59. The van der Waals surface area contributed by atoms with Gasteiger partial charge in [0.1, 0.15) is 0 Å². The molecule has 1 saturated heterocycles. The van der Waals surface area contributed by atoms with Crippen LogP contribution in [0.4, 0.5) is 0 Å². The molecule has 0 radical (unpaired) electrons. The van der Waals surface area contributed by atoms with Crippen LogP contribution in [0.25, 0.3) is 0 Å². The lowest BCUT2D eigenvalue weighted by molar-refractivity contribution is -0.121. The van der Waals surface area contributed by atoms with E-state index in [1.807, 2.05) is 13.1 Å². The molecule has 1 amide bonds. The average Bonchev–Trinajstić information content (AvgIpc) is 2.84. The van der Waals surface area contributed by atoms with Crippen LogP contribution in [-0.4, -0.2) is 52.5 Å². The second-order valence-electron chi connectivity index (χ2n) is 5.76. The van der Waals surface area contributed by atoms with Crippen LogP contribution in [0.3, 0.4) is 0 Å². The van der Waals surface area contributed by atoms with Crippen molar-refractivity contribution in [2.75, 3.05) is 26.7 Å². The standard InChI is InChI=1S/C14H25N5O/c1-12-11-19(17-16-12)10-7-15-14(20)4-3-13-5-8-18(2)9-6-13/h11,13H,3-10H2,1-2H3,(H,15,20). The van der Waals surface area contributed by atoms with Crippen LogP contribution in [0.5, 0.6) is 0 Å². The molecule has 0 spiro atoms. The number of nitrogens with one attached hydrogen (secondary N) is 1. The highest BCUT2D eigenvalue weighted by atomic mass is 16.1. The number of nitrogens with zero attached hydrogens (tertiary/aromatic N) is 4. The van der Waals surface area contributed by atoms with E-state index in [1.54, 1.807) is 4.68 Å². The summed E-state index contributed by atoms with van der Waals surface area (Å²) in [5.74, 6) is 0.871. The number of carbonyl (C=O) groups excluding carboxylic acids is 1. The second-order valence-corrected chi connectivity index (χ2v) is 5.76. The van der Waals surface area contributed by atoms with E-state index < -0.39 is 0 Å². The molecule has 112 valence electrons. The zero-order valence-corrected chi connectivity index (χ0v) is 12.5. The summed E-state index contributed by atoms with van der Waals surface area (Å²) >= 11 is 0. The topological polar surface area (TPSA) is 63.1 Å². The number of aryl methyl sites for hydroxylation is 1. The van der Waals surface area contributed by atoms with Crippen molar-refractivity contribution in [3.8, 4) is 0 Å². The highest BCUT2D eigenvalue weighted by molar-refractivity contribution is 5.75. The summed E-state index contributed by atoms with van der Waals surface area (Å²) in [6, 6.07) is 0. The van der Waals surface area contributed by atoms with Gasteiger partial charge >= 0.3 is 0 Å². The van der Waals surface area contributed by atoms with Gasteiger partial charge in [0.2, 0.25) is 5.91 Å². The van der Waals surface area contributed by atoms with E-state index >= 15 is 0 Å². The van der Waals surface area contributed by atoms with E-state index in [4.69, 9.17) is 0 Å². The van der Waals surface area contributed by atoms with Gasteiger partial charge in [0.25, 0.3) is 0 Å². The van der Waals surface area contributed by atoms with Crippen molar-refractivity contribution in [3.05, 3.63) is 11.9 Å². The van der Waals surface area contributed by atoms with Crippen molar-refractivity contribution < 1.29 is 4.79 Å². The lowest BCUT2D eigenvalue weighted by Crippen LogP contribution is -2.31. The van der Waals surface area contributed by atoms with Crippen LogP contribution in [0.1, 0.15) is 31.4 Å². The molecule has 0 aromatic carbocycles. The third kappa shape index (κ3) is 4.92. The minimum absolute atomic E-state index is 0.153. The SMILES string of the molecule is Cc1cn(CCNC(=O)CCC2CCN(C)CC2)nn1. The zero-order valence-electron chi connectivity index (χ0n) is 12.5. The predicted octanol–water partition coefficient (Wildman–Crippen LogP) is 0.825. The average molecular weight is 279 g/mol. The maximum atomic E-state index is 11.8. The van der Waals surface area contributed by atoms with Gasteiger partial charge < -0.3 is 10.2 Å². The van der Waals surface area contributed by atoms with Gasteiger partial charge in [-0.1, -0.05) is 5.21 Å². The largest absolute Gasteiger partial charge is 0.354 e. The summed E-state index contributed by atoms with van der Waals surface area (Å²) < 4.78 is 1.76. The van der Waals surface area contributed by atoms with E-state index in [0.29, 0.717) is 19.5 Å². The van der Waals surface area contributed by atoms with Gasteiger partial charge in [0.05, 0.1) is 12.2 Å². The molecule has 0 aliphatic carbocycles. The monoisotopic (exact) mass is 279 g/mol. The molecule has 1 aromatic heterocycles. The summed E-state index contributed by atoms with van der Waals surface area (Å²) in [6.07, 6.45) is 5.99. The van der Waals surface area contributed by atoms with Gasteiger partial charge in [-0.2, -0.15) is 0 Å². The molecule has 0 bridgehead atoms. The van der Waals surface area contributed by atoms with E-state index in [2.05, 4.69) is 27.6 Å². The Balaban J connectivity index is 1.56. The Bertz CT molecular complexity index is 423. The summed E-state index contributed by atoms with van der Waals surface area (Å²) in [5.41, 5.74) is 0.901. The third-order valence-corrected chi connectivity index (χ3v) is 3.93. The minimum atomic E-state index is 0.153. The number of piperidine rings is 1. The summed E-state index contributed by atoms with van der Waals surface area (Å²) in [6.45, 7) is 5.54. The highest BCUT2D eigenvalue weighted by Crippen LogP contribution is 2.20. The summed E-state index contributed by atoms with van der Waals surface area (Å²) in [7, 11) is 2.16. The third-order valence-electron chi connectivity index (χ3n) is 3.93. The molecule has 6 heteroatoms. The summed E-state index contributed by atoms with van der Waals surface area (Å²) in [5, 5.41) is 10.8. The molecular weight excluding hydrogens is 254 g/mol. The number of aromatic nitrogens is 3. The Morgan fingerprint density at radius 3 is 2.85 bits per heavy atom. The van der Waals surface area contributed by atoms with Crippen molar-refractivity contribution in [3.63, 3.8) is 0 Å². The van der Waals surface area contributed by atoms with Gasteiger partial charge in [-0.05, 0) is 52.2 Å². The molecule has 2 rings (SSSR count). The molecule has 6 nitrogen and oxygen atoms in total. The van der Waals surface area contributed by atoms with Gasteiger partial charge in [0.15, 0.2) is 0 Å². The Kier molecular flexibility index (Phi) is 5.52. The van der Waals surface area contributed by atoms with Gasteiger partial charge in [0, 0.05) is 19.2 Å². The molecule has 0 atom stereocenters. The first-order valence-corrected chi connectivity index (χ1v) is 7.45. The Morgan fingerprint density at radius 2 is 2.20 bits per heavy atom. The number of amides is 1. The molecule has 1 fully saturated rings. The van der Waals surface area contributed by atoms with Crippen molar-refractivity contribution >= 4 is 5.91 Å². The van der Waals surface area contributed by atoms with Gasteiger partial charge in [-0.25, -0.2) is 0 Å². The Morgan fingerprint density at radius 1 is 1.45 bits per heavy atom. The number of hydrogen-bond donors (Lipinski definition) is 1. The van der Waals surface area contributed by atoms with Crippen LogP contribution in [0.15, 0.2) is 6.20 Å². The van der Waals surface area contributed by atoms with E-state index in [0.717, 1.165) is 31.1 Å². The predicted molar refractivity (Wildman–Crippen MR) is 77.2 cm³/mol. The van der Waals surface area contributed by atoms with Crippen LogP contribution in [-0.2, 0) is 11.3 Å². The quantitative estimate of drug-likeness (QED) is 0.837. The molecule has 2 heterocycles. The molecular formula is C14H25N5O. The molecule has 1 aliphatic rings.